The van der Waals surface area contributed by atoms with Crippen LogP contribution < -0.4 is 25.7 Å². The Morgan fingerprint density at radius 1 is 0.839 bits per heavy atom. The van der Waals surface area contributed by atoms with E-state index in [2.05, 4.69) is 40.7 Å². The summed E-state index contributed by atoms with van der Waals surface area (Å²) in [6.45, 7) is 13.3. The van der Waals surface area contributed by atoms with E-state index >= 15 is 0 Å². The second-order valence-electron chi connectivity index (χ2n) is 18.6. The molecule has 4 unspecified atom stereocenters. The van der Waals surface area contributed by atoms with Gasteiger partial charge < -0.3 is 25.7 Å². The van der Waals surface area contributed by atoms with Crippen molar-refractivity contribution in [3.8, 4) is 17.2 Å². The fourth-order valence-electron chi connectivity index (χ4n) is 11.6. The molecule has 0 bridgehead atoms. The van der Waals surface area contributed by atoms with Crippen molar-refractivity contribution in [1.29, 1.82) is 0 Å². The SMILES string of the molecule is CC(C)CCC[C@@H](C)[C@H]1CCC2C3CC=C4CC(Oc5ccc(C(=O)C=Cc6ccc(OCCOc7ccc(N)cc7N)cc6)cc5)CC[C@]4(C)C3CC[C@@]21C. The summed E-state index contributed by atoms with van der Waals surface area (Å²) in [5.74, 6) is 7.24. The molecule has 3 saturated carbocycles. The predicted octanol–water partition coefficient (Wildman–Crippen LogP) is 12.0. The number of ketones is 1. The Labute approximate surface area is 336 Å². The number of rotatable bonds is 15. The van der Waals surface area contributed by atoms with Crippen LogP contribution in [-0.2, 0) is 0 Å². The minimum atomic E-state index is -0.0379. The van der Waals surface area contributed by atoms with Crippen molar-refractivity contribution in [2.24, 2.45) is 46.3 Å². The first-order valence-corrected chi connectivity index (χ1v) is 21.6. The van der Waals surface area contributed by atoms with Crippen LogP contribution in [0.5, 0.6) is 17.2 Å². The van der Waals surface area contributed by atoms with E-state index in [1.165, 1.54) is 57.8 Å². The van der Waals surface area contributed by atoms with Crippen molar-refractivity contribution < 1.29 is 19.0 Å². The van der Waals surface area contributed by atoms with Crippen molar-refractivity contribution in [2.45, 2.75) is 111 Å². The van der Waals surface area contributed by atoms with Crippen LogP contribution in [0.15, 0.2) is 84.5 Å². The second-order valence-corrected chi connectivity index (χ2v) is 18.6. The lowest BCUT2D eigenvalue weighted by Gasteiger charge is -2.58. The maximum absolute atomic E-state index is 13.0. The molecule has 56 heavy (non-hydrogen) atoms. The summed E-state index contributed by atoms with van der Waals surface area (Å²) in [6.07, 6.45) is 20.8. The average molecular weight is 759 g/mol. The molecule has 0 spiro atoms. The van der Waals surface area contributed by atoms with Gasteiger partial charge in [-0.3, -0.25) is 4.79 Å². The second kappa shape index (κ2) is 17.1. The molecule has 0 saturated heterocycles. The fourth-order valence-corrected chi connectivity index (χ4v) is 11.6. The molecule has 4 N–H and O–H groups in total. The first kappa shape index (κ1) is 40.0. The van der Waals surface area contributed by atoms with Gasteiger partial charge >= 0.3 is 0 Å². The highest BCUT2D eigenvalue weighted by Crippen LogP contribution is 2.67. The van der Waals surface area contributed by atoms with Gasteiger partial charge in [-0.2, -0.15) is 0 Å². The molecule has 4 aliphatic rings. The summed E-state index contributed by atoms with van der Waals surface area (Å²) >= 11 is 0. The summed E-state index contributed by atoms with van der Waals surface area (Å²) in [5.41, 5.74) is 16.8. The van der Waals surface area contributed by atoms with E-state index in [0.29, 0.717) is 46.7 Å². The maximum Gasteiger partial charge on any atom is 0.185 e. The highest BCUT2D eigenvalue weighted by Gasteiger charge is 2.59. The fraction of sp³-hybridized carbons (Fsp3) is 0.540. The number of carbonyl (C=O) groups excluding carboxylic acids is 1. The number of carbonyl (C=O) groups is 1. The monoisotopic (exact) mass is 759 g/mol. The number of allylic oxidation sites excluding steroid dienone is 2. The number of nitrogen functional groups attached to an aromatic ring is 2. The Bertz CT molecular complexity index is 1860. The Hall–Kier alpha value is -4.19. The van der Waals surface area contributed by atoms with Crippen LogP contribution in [-0.4, -0.2) is 25.1 Å². The number of hydrogen-bond acceptors (Lipinski definition) is 6. The molecule has 6 nitrogen and oxygen atoms in total. The molecule has 300 valence electrons. The van der Waals surface area contributed by atoms with Crippen molar-refractivity contribution >= 4 is 23.2 Å². The van der Waals surface area contributed by atoms with Gasteiger partial charge in [0.2, 0.25) is 0 Å². The number of hydrogen-bond donors (Lipinski definition) is 2. The number of anilines is 2. The zero-order valence-electron chi connectivity index (χ0n) is 34.6. The summed E-state index contributed by atoms with van der Waals surface area (Å²) in [4.78, 5) is 13.0. The van der Waals surface area contributed by atoms with E-state index in [4.69, 9.17) is 25.7 Å². The van der Waals surface area contributed by atoms with Crippen molar-refractivity contribution in [1.82, 2.24) is 0 Å². The molecular formula is C50H66N2O4. The highest BCUT2D eigenvalue weighted by molar-refractivity contribution is 6.06. The molecule has 7 rings (SSSR count). The van der Waals surface area contributed by atoms with Gasteiger partial charge in [-0.25, -0.2) is 0 Å². The molecule has 6 heteroatoms. The molecule has 3 aromatic rings. The predicted molar refractivity (Wildman–Crippen MR) is 230 cm³/mol. The number of benzene rings is 3. The first-order chi connectivity index (χ1) is 26.9. The van der Waals surface area contributed by atoms with E-state index in [1.807, 2.05) is 54.6 Å². The Balaban J connectivity index is 0.877. The van der Waals surface area contributed by atoms with Gasteiger partial charge in [0, 0.05) is 17.7 Å². The minimum absolute atomic E-state index is 0.0379. The Kier molecular flexibility index (Phi) is 12.2. The van der Waals surface area contributed by atoms with Gasteiger partial charge in [0.1, 0.15) is 36.6 Å². The van der Waals surface area contributed by atoms with Crippen LogP contribution in [0.2, 0.25) is 0 Å². The average Bonchev–Trinajstić information content (AvgIpc) is 3.54. The molecule has 0 heterocycles. The molecule has 0 radical (unpaired) electrons. The Morgan fingerprint density at radius 2 is 1.59 bits per heavy atom. The molecule has 3 fully saturated rings. The topological polar surface area (TPSA) is 96.8 Å². The van der Waals surface area contributed by atoms with E-state index < -0.39 is 0 Å². The lowest BCUT2D eigenvalue weighted by Crippen LogP contribution is -2.51. The van der Waals surface area contributed by atoms with Crippen LogP contribution in [0.1, 0.15) is 121 Å². The highest BCUT2D eigenvalue weighted by atomic mass is 16.5. The molecular weight excluding hydrogens is 693 g/mol. The van der Waals surface area contributed by atoms with Gasteiger partial charge in [-0.15, -0.1) is 0 Å². The van der Waals surface area contributed by atoms with E-state index in [-0.39, 0.29) is 11.9 Å². The van der Waals surface area contributed by atoms with Gasteiger partial charge in [-0.05, 0) is 158 Å². The van der Waals surface area contributed by atoms with Gasteiger partial charge in [0.05, 0.1) is 5.69 Å². The zero-order valence-corrected chi connectivity index (χ0v) is 34.6. The van der Waals surface area contributed by atoms with Crippen LogP contribution >= 0.6 is 0 Å². The van der Waals surface area contributed by atoms with E-state index in [1.54, 1.807) is 29.8 Å². The van der Waals surface area contributed by atoms with Crippen LogP contribution in [0.4, 0.5) is 11.4 Å². The molecule has 0 aromatic heterocycles. The quantitative estimate of drug-likeness (QED) is 0.0527. The van der Waals surface area contributed by atoms with E-state index in [9.17, 15) is 4.79 Å². The standard InChI is InChI=1S/C50H66N2O4/c1-33(2)7-6-8-34(3)43-21-22-44-42-20-14-37-31-41(25-27-49(37,4)45(42)26-28-50(43,44)5)56-40-18-12-36(13-19-40)47(53)23-11-35-9-16-39(17-10-35)54-29-30-55-48-24-15-38(51)32-46(48)52/h9-19,23-24,32-34,41-45H,6-8,20-22,25-31,51-52H2,1-5H3/t34-,41?,42?,43-,44?,45?,49+,50-/m1/s1. The maximum atomic E-state index is 13.0. The summed E-state index contributed by atoms with van der Waals surface area (Å²) in [7, 11) is 0. The smallest absolute Gasteiger partial charge is 0.185 e. The van der Waals surface area contributed by atoms with E-state index in [0.717, 1.165) is 65.4 Å². The molecule has 4 aliphatic carbocycles. The Morgan fingerprint density at radius 3 is 2.34 bits per heavy atom. The normalized spacial score (nSPS) is 28.9. The van der Waals surface area contributed by atoms with Crippen LogP contribution in [0, 0.1) is 46.3 Å². The molecule has 3 aromatic carbocycles. The van der Waals surface area contributed by atoms with Gasteiger partial charge in [0.25, 0.3) is 0 Å². The van der Waals surface area contributed by atoms with Crippen LogP contribution in [0.25, 0.3) is 6.08 Å². The first-order valence-electron chi connectivity index (χ1n) is 21.6. The minimum Gasteiger partial charge on any atom is -0.490 e. The zero-order chi connectivity index (χ0) is 39.5. The summed E-state index contributed by atoms with van der Waals surface area (Å²) < 4.78 is 18.1. The lowest BCUT2D eigenvalue weighted by molar-refractivity contribution is -0.0559. The number of fused-ring (bicyclic) bond motifs is 5. The largest absolute Gasteiger partial charge is 0.490 e. The lowest BCUT2D eigenvalue weighted by atomic mass is 9.47. The third kappa shape index (κ3) is 8.70. The van der Waals surface area contributed by atoms with Gasteiger partial charge in [-0.1, -0.05) is 83.7 Å². The third-order valence-corrected chi connectivity index (χ3v) is 14.7. The van der Waals surface area contributed by atoms with Gasteiger partial charge in [0.15, 0.2) is 5.78 Å². The number of nitrogens with two attached hydrogens (primary N) is 2. The molecule has 0 aliphatic heterocycles. The van der Waals surface area contributed by atoms with Crippen molar-refractivity contribution in [2.75, 3.05) is 24.7 Å². The van der Waals surface area contributed by atoms with Crippen molar-refractivity contribution in [3.05, 3.63) is 95.6 Å². The molecule has 8 atom stereocenters. The third-order valence-electron chi connectivity index (χ3n) is 14.7. The summed E-state index contributed by atoms with van der Waals surface area (Å²) in [6, 6.07) is 20.5. The van der Waals surface area contributed by atoms with Crippen LogP contribution in [0.3, 0.4) is 0 Å². The number of ether oxygens (including phenoxy) is 3. The van der Waals surface area contributed by atoms with Crippen molar-refractivity contribution in [3.63, 3.8) is 0 Å². The summed E-state index contributed by atoms with van der Waals surface area (Å²) in [5, 5.41) is 0. The molecule has 0 amide bonds.